The second-order valence-electron chi connectivity index (χ2n) is 6.77. The lowest BCUT2D eigenvalue weighted by molar-refractivity contribution is 0.264. The van der Waals surface area contributed by atoms with E-state index >= 15 is 0 Å². The van der Waals surface area contributed by atoms with E-state index in [4.69, 9.17) is 0 Å². The molecule has 0 aliphatic heterocycles. The van der Waals surface area contributed by atoms with Gasteiger partial charge in [-0.25, -0.2) is 9.97 Å². The lowest BCUT2D eigenvalue weighted by Gasteiger charge is -2.34. The first-order valence-electron chi connectivity index (χ1n) is 8.96. The molecule has 0 amide bonds. The van der Waals surface area contributed by atoms with Gasteiger partial charge in [-0.1, -0.05) is 39.5 Å². The second-order valence-corrected chi connectivity index (χ2v) is 6.77. The summed E-state index contributed by atoms with van der Waals surface area (Å²) in [7, 11) is 0. The average Bonchev–Trinajstić information content (AvgIpc) is 2.57. The summed E-state index contributed by atoms with van der Waals surface area (Å²) in [5, 5.41) is 9.75. The van der Waals surface area contributed by atoms with Gasteiger partial charge in [0.25, 0.3) is 0 Å². The van der Waals surface area contributed by atoms with Gasteiger partial charge in [0.05, 0.1) is 11.5 Å². The molecule has 1 aliphatic carbocycles. The standard InChI is InChI=1S/C19H29N3/c1-3-5-6-8-18-21-13-17(14-22-18)19(15-20)11-9-16(7-4-2)10-12-19/h13-14,16H,3-12H2,1-2H3. The maximum absolute atomic E-state index is 9.75. The van der Waals surface area contributed by atoms with Crippen LogP contribution in [0.3, 0.4) is 0 Å². The number of nitrogens with zero attached hydrogens (tertiary/aromatic N) is 3. The van der Waals surface area contributed by atoms with Crippen LogP contribution in [0.25, 0.3) is 0 Å². The van der Waals surface area contributed by atoms with Crippen LogP contribution in [-0.2, 0) is 11.8 Å². The number of unbranched alkanes of at least 4 members (excludes halogenated alkanes) is 2. The molecule has 3 heteroatoms. The largest absolute Gasteiger partial charge is 0.241 e. The Balaban J connectivity index is 2.01. The molecule has 1 aromatic heterocycles. The summed E-state index contributed by atoms with van der Waals surface area (Å²) >= 11 is 0. The fourth-order valence-electron chi connectivity index (χ4n) is 3.60. The first kappa shape index (κ1) is 16.9. The van der Waals surface area contributed by atoms with E-state index < -0.39 is 0 Å². The molecule has 1 fully saturated rings. The number of aryl methyl sites for hydroxylation is 1. The summed E-state index contributed by atoms with van der Waals surface area (Å²) in [5.74, 6) is 1.73. The monoisotopic (exact) mass is 299 g/mol. The van der Waals surface area contributed by atoms with E-state index in [2.05, 4.69) is 29.9 Å². The van der Waals surface area contributed by atoms with Gasteiger partial charge in [0.1, 0.15) is 5.82 Å². The van der Waals surface area contributed by atoms with Crippen LogP contribution < -0.4 is 0 Å². The lowest BCUT2D eigenvalue weighted by Crippen LogP contribution is -2.30. The van der Waals surface area contributed by atoms with Gasteiger partial charge in [-0.15, -0.1) is 0 Å². The number of hydrogen-bond donors (Lipinski definition) is 0. The summed E-state index contributed by atoms with van der Waals surface area (Å²) in [6.07, 6.45) is 15.2. The predicted octanol–water partition coefficient (Wildman–Crippen LogP) is 4.96. The second kappa shape index (κ2) is 8.27. The first-order valence-corrected chi connectivity index (χ1v) is 8.96. The van der Waals surface area contributed by atoms with E-state index in [-0.39, 0.29) is 5.41 Å². The third kappa shape index (κ3) is 4.06. The van der Waals surface area contributed by atoms with Crippen LogP contribution in [0.2, 0.25) is 0 Å². The highest BCUT2D eigenvalue weighted by Gasteiger charge is 2.37. The maximum atomic E-state index is 9.75. The molecule has 0 atom stereocenters. The molecular formula is C19H29N3. The molecule has 0 spiro atoms. The number of aromatic nitrogens is 2. The van der Waals surface area contributed by atoms with Gasteiger partial charge in [-0.05, 0) is 38.0 Å². The zero-order valence-electron chi connectivity index (χ0n) is 14.1. The van der Waals surface area contributed by atoms with Gasteiger partial charge < -0.3 is 0 Å². The van der Waals surface area contributed by atoms with Gasteiger partial charge in [0.15, 0.2) is 0 Å². The molecule has 0 aromatic carbocycles. The van der Waals surface area contributed by atoms with Crippen molar-refractivity contribution in [2.45, 2.75) is 83.5 Å². The average molecular weight is 299 g/mol. The molecule has 0 N–H and O–H groups in total. The van der Waals surface area contributed by atoms with E-state index in [1.165, 1.54) is 38.5 Å². The number of rotatable bonds is 7. The summed E-state index contributed by atoms with van der Waals surface area (Å²) in [6, 6.07) is 2.59. The molecule has 120 valence electrons. The van der Waals surface area contributed by atoms with Gasteiger partial charge in [0, 0.05) is 24.4 Å². The molecule has 3 nitrogen and oxygen atoms in total. The van der Waals surface area contributed by atoms with Crippen LogP contribution in [0.1, 0.15) is 83.0 Å². The SMILES string of the molecule is CCCCCc1ncc(C2(C#N)CCC(CCC)CC2)cn1. The van der Waals surface area contributed by atoms with Crippen LogP contribution in [0.5, 0.6) is 0 Å². The Morgan fingerprint density at radius 2 is 1.82 bits per heavy atom. The van der Waals surface area contributed by atoms with E-state index in [9.17, 15) is 5.26 Å². The zero-order valence-corrected chi connectivity index (χ0v) is 14.1. The lowest BCUT2D eigenvalue weighted by atomic mass is 9.67. The van der Waals surface area contributed by atoms with E-state index in [0.717, 1.165) is 43.0 Å². The van der Waals surface area contributed by atoms with E-state index in [0.29, 0.717) is 0 Å². The summed E-state index contributed by atoms with van der Waals surface area (Å²) in [4.78, 5) is 9.02. The number of nitriles is 1. The topological polar surface area (TPSA) is 49.6 Å². The van der Waals surface area contributed by atoms with Gasteiger partial charge >= 0.3 is 0 Å². The molecule has 0 radical (unpaired) electrons. The minimum Gasteiger partial charge on any atom is -0.241 e. The van der Waals surface area contributed by atoms with Gasteiger partial charge in [-0.2, -0.15) is 5.26 Å². The van der Waals surface area contributed by atoms with Crippen LogP contribution in [0.4, 0.5) is 0 Å². The quantitative estimate of drug-likeness (QED) is 0.668. The molecule has 0 unspecified atom stereocenters. The van der Waals surface area contributed by atoms with Crippen molar-refractivity contribution >= 4 is 0 Å². The third-order valence-corrected chi connectivity index (χ3v) is 5.13. The highest BCUT2D eigenvalue weighted by Crippen LogP contribution is 2.42. The van der Waals surface area contributed by atoms with Crippen LogP contribution in [-0.4, -0.2) is 9.97 Å². The van der Waals surface area contributed by atoms with Crippen molar-refractivity contribution in [3.8, 4) is 6.07 Å². The molecule has 1 saturated carbocycles. The number of hydrogen-bond acceptors (Lipinski definition) is 3. The molecule has 22 heavy (non-hydrogen) atoms. The van der Waals surface area contributed by atoms with Crippen molar-refractivity contribution in [1.29, 1.82) is 5.26 Å². The zero-order chi connectivity index (χ0) is 15.8. The summed E-state index contributed by atoms with van der Waals surface area (Å²) < 4.78 is 0. The Labute approximate surface area is 135 Å². The minimum absolute atomic E-state index is 0.341. The normalized spacial score (nSPS) is 24.9. The van der Waals surface area contributed by atoms with Crippen molar-refractivity contribution in [2.75, 3.05) is 0 Å². The van der Waals surface area contributed by atoms with Crippen molar-refractivity contribution in [1.82, 2.24) is 9.97 Å². The fourth-order valence-corrected chi connectivity index (χ4v) is 3.60. The molecule has 1 aliphatic rings. The molecule has 2 rings (SSSR count). The summed E-state index contributed by atoms with van der Waals surface area (Å²) in [6.45, 7) is 4.45. The maximum Gasteiger partial charge on any atom is 0.128 e. The van der Waals surface area contributed by atoms with Crippen LogP contribution >= 0.6 is 0 Å². The van der Waals surface area contributed by atoms with Crippen LogP contribution in [0, 0.1) is 17.2 Å². The Hall–Kier alpha value is -1.43. The molecule has 1 heterocycles. The molecule has 0 saturated heterocycles. The minimum atomic E-state index is -0.341. The van der Waals surface area contributed by atoms with Crippen molar-refractivity contribution < 1.29 is 0 Å². The highest BCUT2D eigenvalue weighted by atomic mass is 14.9. The fraction of sp³-hybridized carbons (Fsp3) is 0.737. The smallest absolute Gasteiger partial charge is 0.128 e. The summed E-state index contributed by atoms with van der Waals surface area (Å²) in [5.41, 5.74) is 0.691. The highest BCUT2D eigenvalue weighted by molar-refractivity contribution is 5.29. The van der Waals surface area contributed by atoms with Crippen LogP contribution in [0.15, 0.2) is 12.4 Å². The molecular weight excluding hydrogens is 270 g/mol. The molecule has 1 aromatic rings. The Kier molecular flexibility index (Phi) is 6.36. The van der Waals surface area contributed by atoms with E-state index in [1.54, 1.807) is 0 Å². The predicted molar refractivity (Wildman–Crippen MR) is 89.4 cm³/mol. The Morgan fingerprint density at radius 1 is 1.14 bits per heavy atom. The van der Waals surface area contributed by atoms with Gasteiger partial charge in [0.2, 0.25) is 0 Å². The van der Waals surface area contributed by atoms with Crippen molar-refractivity contribution in [3.05, 3.63) is 23.8 Å². The third-order valence-electron chi connectivity index (χ3n) is 5.13. The van der Waals surface area contributed by atoms with E-state index in [1.807, 2.05) is 12.4 Å². The Morgan fingerprint density at radius 3 is 2.36 bits per heavy atom. The first-order chi connectivity index (χ1) is 10.7. The molecule has 0 bridgehead atoms. The van der Waals surface area contributed by atoms with Crippen molar-refractivity contribution in [3.63, 3.8) is 0 Å². The van der Waals surface area contributed by atoms with Gasteiger partial charge in [-0.3, -0.25) is 0 Å². The van der Waals surface area contributed by atoms with Crippen molar-refractivity contribution in [2.24, 2.45) is 5.92 Å². The Bertz CT molecular complexity index is 478.